The van der Waals surface area contributed by atoms with Gasteiger partial charge in [0.25, 0.3) is 0 Å². The number of pyridine rings is 2. The maximum Gasteiger partial charge on any atom is 0.0886 e. The fourth-order valence-corrected chi connectivity index (χ4v) is 1.03. The number of hydrogen-bond acceptors (Lipinski definition) is 2. The Morgan fingerprint density at radius 2 is 1.18 bits per heavy atom. The number of aromatic nitrogens is 2. The summed E-state index contributed by atoms with van der Waals surface area (Å²) in [5, 5.41) is 0. The van der Waals surface area contributed by atoms with Crippen LogP contribution in [-0.4, -0.2) is 23.1 Å². The molecule has 0 aromatic carbocycles. The smallest absolute Gasteiger partial charge is 0.0886 e. The summed E-state index contributed by atoms with van der Waals surface area (Å²) in [6, 6.07) is 11.6. The first-order valence-corrected chi connectivity index (χ1v) is 5.00. The first kappa shape index (κ1) is 15.9. The molecule has 2 heterocycles. The van der Waals surface area contributed by atoms with Crippen molar-refractivity contribution in [3.8, 4) is 11.4 Å². The molecule has 2 aromatic rings. The molecule has 0 unspecified atom stereocenters. The van der Waals surface area contributed by atoms with Gasteiger partial charge in [0.15, 0.2) is 0 Å². The minimum absolute atomic E-state index is 0. The maximum atomic E-state index is 6.26. The van der Waals surface area contributed by atoms with Crippen molar-refractivity contribution in [1.29, 1.82) is 0 Å². The van der Waals surface area contributed by atoms with Crippen LogP contribution in [0.1, 0.15) is 0 Å². The second-order valence-corrected chi connectivity index (χ2v) is 2.93. The van der Waals surface area contributed by atoms with Gasteiger partial charge in [0, 0.05) is 32.8 Å². The summed E-state index contributed by atoms with van der Waals surface area (Å²) in [6.07, 6.45) is 3.54. The third-order valence-corrected chi connectivity index (χ3v) is 1.72. The van der Waals surface area contributed by atoms with Crippen LogP contribution in [0.3, 0.4) is 0 Å². The van der Waals surface area contributed by atoms with E-state index in [0.29, 0.717) is 0 Å². The molecule has 0 radical (unpaired) electrons. The Labute approximate surface area is 115 Å². The first-order valence-electron chi connectivity index (χ1n) is 5.00. The van der Waals surface area contributed by atoms with Crippen molar-refractivity contribution in [3.63, 3.8) is 0 Å². The zero-order chi connectivity index (χ0) is 11.6. The monoisotopic (exact) mass is 320 g/mol. The summed E-state index contributed by atoms with van der Waals surface area (Å²) in [5.41, 5.74) is 14.4. The Hall–Kier alpha value is -1.12. The second-order valence-electron chi connectivity index (χ2n) is 2.93. The van der Waals surface area contributed by atoms with Crippen LogP contribution in [0.15, 0.2) is 48.8 Å². The fraction of sp³-hybridized carbons (Fsp3) is 0.167. The van der Waals surface area contributed by atoms with Gasteiger partial charge in [-0.05, 0) is 24.3 Å². The SMILES string of the molecule is [NH-]CC[NH-].[Pd].c1ccc(-c2ccccn2)nc1. The molecule has 4 nitrogen and oxygen atoms in total. The fourth-order valence-electron chi connectivity index (χ4n) is 1.03. The van der Waals surface area contributed by atoms with Gasteiger partial charge in [0.1, 0.15) is 0 Å². The number of rotatable bonds is 2. The Balaban J connectivity index is 0.000000453. The molecule has 5 heteroatoms. The second kappa shape index (κ2) is 10.1. The number of hydrogen-bond donors (Lipinski definition) is 0. The van der Waals surface area contributed by atoms with Gasteiger partial charge in [0.2, 0.25) is 0 Å². The van der Waals surface area contributed by atoms with Gasteiger partial charge in [-0.25, -0.2) is 0 Å². The molecule has 2 N–H and O–H groups in total. The van der Waals surface area contributed by atoms with Gasteiger partial charge in [-0.1, -0.05) is 12.1 Å². The minimum atomic E-state index is 0. The van der Waals surface area contributed by atoms with Gasteiger partial charge in [-0.15, -0.1) is 0 Å². The van der Waals surface area contributed by atoms with Crippen molar-refractivity contribution >= 4 is 0 Å². The van der Waals surface area contributed by atoms with E-state index in [9.17, 15) is 0 Å². The standard InChI is InChI=1S/C10H8N2.C2H6N2.Pd/c1-3-7-11-9(5-1)10-6-2-4-8-12-10;3-1-2-4;/h1-8H;3-4H,1-2H2;/q;-2;. The summed E-state index contributed by atoms with van der Waals surface area (Å²) >= 11 is 0. The quantitative estimate of drug-likeness (QED) is 0.797. The predicted octanol–water partition coefficient (Wildman–Crippen LogP) is 3.23. The maximum absolute atomic E-state index is 6.26. The molecular weight excluding hydrogens is 307 g/mol. The molecule has 0 saturated carbocycles. The summed E-state index contributed by atoms with van der Waals surface area (Å²) in [7, 11) is 0. The van der Waals surface area contributed by atoms with Crippen LogP contribution in [0.5, 0.6) is 0 Å². The third-order valence-electron chi connectivity index (χ3n) is 1.72. The van der Waals surface area contributed by atoms with E-state index < -0.39 is 0 Å². The van der Waals surface area contributed by atoms with E-state index in [4.69, 9.17) is 11.5 Å². The molecule has 2 rings (SSSR count). The zero-order valence-corrected chi connectivity index (χ0v) is 10.8. The summed E-state index contributed by atoms with van der Waals surface area (Å²) in [6.45, 7) is 0.472. The van der Waals surface area contributed by atoms with Crippen LogP contribution < -0.4 is 0 Å². The average Bonchev–Trinajstić information content (AvgIpc) is 2.41. The molecule has 0 aliphatic rings. The average molecular weight is 321 g/mol. The molecule has 0 fully saturated rings. The molecule has 0 spiro atoms. The van der Waals surface area contributed by atoms with Gasteiger partial charge >= 0.3 is 0 Å². The van der Waals surface area contributed by atoms with E-state index in [0.717, 1.165) is 11.4 Å². The Morgan fingerprint density at radius 1 is 0.765 bits per heavy atom. The van der Waals surface area contributed by atoms with Crippen molar-refractivity contribution < 1.29 is 20.4 Å². The Bertz CT molecular complexity index is 341. The van der Waals surface area contributed by atoms with Gasteiger partial charge < -0.3 is 11.5 Å². The van der Waals surface area contributed by atoms with Crippen LogP contribution in [0.4, 0.5) is 0 Å². The molecular formula is C12H14N4Pd-2. The van der Waals surface area contributed by atoms with Gasteiger partial charge in [-0.2, -0.15) is 13.1 Å². The van der Waals surface area contributed by atoms with Crippen LogP contribution in [0.2, 0.25) is 0 Å². The predicted molar refractivity (Wildman–Crippen MR) is 65.8 cm³/mol. The van der Waals surface area contributed by atoms with Gasteiger partial charge in [-0.3, -0.25) is 9.97 Å². The van der Waals surface area contributed by atoms with E-state index in [1.165, 1.54) is 0 Å². The molecule has 94 valence electrons. The largest absolute Gasteiger partial charge is 0.679 e. The summed E-state index contributed by atoms with van der Waals surface area (Å²) in [4.78, 5) is 8.37. The van der Waals surface area contributed by atoms with Crippen molar-refractivity contribution in [1.82, 2.24) is 9.97 Å². The van der Waals surface area contributed by atoms with Crippen LogP contribution in [-0.2, 0) is 20.4 Å². The Kier molecular flexibility index (Phi) is 9.40. The van der Waals surface area contributed by atoms with E-state index in [-0.39, 0.29) is 33.5 Å². The van der Waals surface area contributed by atoms with Gasteiger partial charge in [0.05, 0.1) is 11.4 Å². The summed E-state index contributed by atoms with van der Waals surface area (Å²) < 4.78 is 0. The Morgan fingerprint density at radius 3 is 1.41 bits per heavy atom. The molecule has 0 atom stereocenters. The van der Waals surface area contributed by atoms with E-state index in [1.807, 2.05) is 36.4 Å². The van der Waals surface area contributed by atoms with E-state index >= 15 is 0 Å². The molecule has 0 aliphatic heterocycles. The summed E-state index contributed by atoms with van der Waals surface area (Å²) in [5.74, 6) is 0. The van der Waals surface area contributed by atoms with Crippen molar-refractivity contribution in [3.05, 3.63) is 60.3 Å². The minimum Gasteiger partial charge on any atom is -0.679 e. The van der Waals surface area contributed by atoms with Crippen molar-refractivity contribution in [2.24, 2.45) is 0 Å². The van der Waals surface area contributed by atoms with Crippen LogP contribution in [0.25, 0.3) is 22.9 Å². The number of nitrogens with zero attached hydrogens (tertiary/aromatic N) is 2. The molecule has 0 amide bonds. The van der Waals surface area contributed by atoms with Crippen LogP contribution >= 0.6 is 0 Å². The molecule has 0 aliphatic carbocycles. The van der Waals surface area contributed by atoms with Crippen molar-refractivity contribution in [2.75, 3.05) is 13.1 Å². The van der Waals surface area contributed by atoms with Crippen molar-refractivity contribution in [2.45, 2.75) is 0 Å². The van der Waals surface area contributed by atoms with E-state index in [1.54, 1.807) is 12.4 Å². The zero-order valence-electron chi connectivity index (χ0n) is 9.24. The topological polar surface area (TPSA) is 73.4 Å². The third kappa shape index (κ3) is 6.25. The first-order chi connectivity index (χ1) is 7.88. The molecule has 17 heavy (non-hydrogen) atoms. The van der Waals surface area contributed by atoms with Crippen LogP contribution in [0, 0.1) is 0 Å². The number of nitrogens with one attached hydrogen (secondary N) is 2. The molecule has 0 saturated heterocycles. The molecule has 2 aromatic heterocycles. The molecule has 0 bridgehead atoms. The normalized spacial score (nSPS) is 8.59. The van der Waals surface area contributed by atoms with E-state index in [2.05, 4.69) is 9.97 Å².